The lowest BCUT2D eigenvalue weighted by Crippen LogP contribution is -2.28. The second-order valence-corrected chi connectivity index (χ2v) is 3.59. The molecule has 0 aromatic heterocycles. The highest BCUT2D eigenvalue weighted by Crippen LogP contribution is 2.20. The Kier molecular flexibility index (Phi) is 5.11. The molecule has 1 amide bonds. The zero-order valence-corrected chi connectivity index (χ0v) is 9.67. The zero-order valence-electron chi connectivity index (χ0n) is 9.67. The number of carbonyl (C=O) groups is 1. The van der Waals surface area contributed by atoms with Crippen LogP contribution in [0.5, 0.6) is 0 Å². The van der Waals surface area contributed by atoms with Crippen molar-refractivity contribution >= 4 is 11.6 Å². The summed E-state index contributed by atoms with van der Waals surface area (Å²) in [7, 11) is 1.36. The van der Waals surface area contributed by atoms with Gasteiger partial charge in [0, 0.05) is 25.8 Å². The highest BCUT2D eigenvalue weighted by molar-refractivity contribution is 5.91. The molecular formula is C11H13F3N2O2. The zero-order chi connectivity index (χ0) is 13.7. The fourth-order valence-electron chi connectivity index (χ4n) is 1.32. The molecule has 0 fully saturated rings. The van der Waals surface area contributed by atoms with Crippen molar-refractivity contribution in [1.82, 2.24) is 0 Å². The van der Waals surface area contributed by atoms with Crippen LogP contribution in [0.15, 0.2) is 12.1 Å². The van der Waals surface area contributed by atoms with Crippen LogP contribution in [0.1, 0.15) is 6.42 Å². The van der Waals surface area contributed by atoms with Crippen molar-refractivity contribution in [1.29, 1.82) is 0 Å². The van der Waals surface area contributed by atoms with Crippen molar-refractivity contribution in [3.8, 4) is 0 Å². The summed E-state index contributed by atoms with van der Waals surface area (Å²) >= 11 is 0. The number of rotatable bonds is 5. The molecule has 100 valence electrons. The number of nitrogens with one attached hydrogen (secondary N) is 1. The van der Waals surface area contributed by atoms with E-state index in [0.29, 0.717) is 12.1 Å². The van der Waals surface area contributed by atoms with Gasteiger partial charge in [0.05, 0.1) is 12.5 Å². The van der Waals surface area contributed by atoms with Crippen molar-refractivity contribution in [3.05, 3.63) is 29.6 Å². The highest BCUT2D eigenvalue weighted by Gasteiger charge is 2.17. The van der Waals surface area contributed by atoms with Crippen LogP contribution in [0.25, 0.3) is 0 Å². The van der Waals surface area contributed by atoms with Crippen LogP contribution in [0, 0.1) is 17.5 Å². The molecule has 7 heteroatoms. The Bertz CT molecular complexity index is 413. The molecule has 1 aromatic rings. The number of ether oxygens (including phenoxy) is 1. The third-order valence-corrected chi connectivity index (χ3v) is 2.28. The minimum Gasteiger partial charge on any atom is -0.380 e. The average Bonchev–Trinajstić information content (AvgIpc) is 2.30. The van der Waals surface area contributed by atoms with Crippen molar-refractivity contribution in [2.45, 2.75) is 12.5 Å². The Morgan fingerprint density at radius 3 is 2.39 bits per heavy atom. The van der Waals surface area contributed by atoms with E-state index in [1.807, 2.05) is 5.32 Å². The maximum absolute atomic E-state index is 13.2. The lowest BCUT2D eigenvalue weighted by atomic mass is 10.2. The van der Waals surface area contributed by atoms with E-state index in [1.165, 1.54) is 7.11 Å². The molecule has 0 heterocycles. The number of carbonyl (C=O) groups excluding carboxylic acids is 1. The van der Waals surface area contributed by atoms with Gasteiger partial charge in [-0.25, -0.2) is 13.2 Å². The fourth-order valence-corrected chi connectivity index (χ4v) is 1.32. The van der Waals surface area contributed by atoms with Gasteiger partial charge in [-0.3, -0.25) is 4.79 Å². The SMILES string of the molecule is COC(CN)CC(=O)Nc1c(F)cc(F)cc1F. The Morgan fingerprint density at radius 1 is 1.39 bits per heavy atom. The van der Waals surface area contributed by atoms with Crippen molar-refractivity contribution < 1.29 is 22.7 Å². The predicted octanol–water partition coefficient (Wildman–Crippen LogP) is 1.41. The van der Waals surface area contributed by atoms with Crippen LogP contribution in [0.2, 0.25) is 0 Å². The first kappa shape index (κ1) is 14.5. The summed E-state index contributed by atoms with van der Waals surface area (Å²) in [5, 5.41) is 2.01. The molecule has 0 spiro atoms. The molecule has 0 saturated carbocycles. The Labute approximate surface area is 102 Å². The van der Waals surface area contributed by atoms with E-state index in [-0.39, 0.29) is 13.0 Å². The van der Waals surface area contributed by atoms with Crippen molar-refractivity contribution in [2.24, 2.45) is 5.73 Å². The highest BCUT2D eigenvalue weighted by atomic mass is 19.1. The first-order chi connectivity index (χ1) is 8.47. The summed E-state index contributed by atoms with van der Waals surface area (Å²) in [6.45, 7) is 0.0955. The number of hydrogen-bond acceptors (Lipinski definition) is 3. The molecule has 4 nitrogen and oxygen atoms in total. The van der Waals surface area contributed by atoms with E-state index in [4.69, 9.17) is 10.5 Å². The van der Waals surface area contributed by atoms with Gasteiger partial charge in [-0.15, -0.1) is 0 Å². The Hall–Kier alpha value is -1.60. The van der Waals surface area contributed by atoms with Gasteiger partial charge in [-0.2, -0.15) is 0 Å². The minimum atomic E-state index is -1.18. The molecule has 1 rings (SSSR count). The molecule has 0 aliphatic heterocycles. The molecule has 3 N–H and O–H groups in total. The fraction of sp³-hybridized carbons (Fsp3) is 0.364. The van der Waals surface area contributed by atoms with Gasteiger partial charge in [0.1, 0.15) is 11.5 Å². The number of methoxy groups -OCH3 is 1. The minimum absolute atomic E-state index is 0.0955. The molecule has 1 aromatic carbocycles. The molecule has 0 bridgehead atoms. The molecule has 1 unspecified atom stereocenters. The van der Waals surface area contributed by atoms with Crippen LogP contribution in [0.3, 0.4) is 0 Å². The number of amides is 1. The first-order valence-electron chi connectivity index (χ1n) is 5.15. The van der Waals surface area contributed by atoms with Crippen LogP contribution < -0.4 is 11.1 Å². The summed E-state index contributed by atoms with van der Waals surface area (Å²) in [4.78, 5) is 11.5. The number of benzene rings is 1. The standard InChI is InChI=1S/C11H13F3N2O2/c1-18-7(5-15)4-10(17)16-11-8(13)2-6(12)3-9(11)14/h2-3,7H,4-5,15H2,1H3,(H,16,17). The molecular weight excluding hydrogens is 249 g/mol. The third kappa shape index (κ3) is 3.71. The number of halogens is 3. The van der Waals surface area contributed by atoms with Crippen molar-refractivity contribution in [2.75, 3.05) is 19.0 Å². The van der Waals surface area contributed by atoms with E-state index in [0.717, 1.165) is 0 Å². The topological polar surface area (TPSA) is 64.3 Å². The van der Waals surface area contributed by atoms with Crippen LogP contribution >= 0.6 is 0 Å². The molecule has 18 heavy (non-hydrogen) atoms. The maximum Gasteiger partial charge on any atom is 0.227 e. The lowest BCUT2D eigenvalue weighted by molar-refractivity contribution is -0.118. The van der Waals surface area contributed by atoms with Crippen LogP contribution in [-0.4, -0.2) is 25.7 Å². The molecule has 0 aliphatic rings. The number of hydrogen-bond donors (Lipinski definition) is 2. The average molecular weight is 262 g/mol. The van der Waals surface area contributed by atoms with Gasteiger partial charge in [-0.05, 0) is 0 Å². The Balaban J connectivity index is 2.76. The molecule has 1 atom stereocenters. The second-order valence-electron chi connectivity index (χ2n) is 3.59. The summed E-state index contributed by atoms with van der Waals surface area (Å²) in [5.74, 6) is -4.08. The third-order valence-electron chi connectivity index (χ3n) is 2.28. The van der Waals surface area contributed by atoms with Crippen LogP contribution in [-0.2, 0) is 9.53 Å². The normalized spacial score (nSPS) is 12.3. The van der Waals surface area contributed by atoms with Gasteiger partial charge < -0.3 is 15.8 Å². The number of nitrogens with two attached hydrogens (primary N) is 1. The summed E-state index contributed by atoms with van der Waals surface area (Å²) in [6.07, 6.45) is -0.694. The van der Waals surface area contributed by atoms with Gasteiger partial charge in [-0.1, -0.05) is 0 Å². The largest absolute Gasteiger partial charge is 0.380 e. The van der Waals surface area contributed by atoms with Crippen LogP contribution in [0.4, 0.5) is 18.9 Å². The lowest BCUT2D eigenvalue weighted by Gasteiger charge is -2.13. The van der Waals surface area contributed by atoms with E-state index < -0.39 is 35.2 Å². The molecule has 0 saturated heterocycles. The summed E-state index contributed by atoms with van der Waals surface area (Å²) in [5.41, 5.74) is 4.62. The van der Waals surface area contributed by atoms with E-state index in [1.54, 1.807) is 0 Å². The second kappa shape index (κ2) is 6.36. The van der Waals surface area contributed by atoms with E-state index >= 15 is 0 Å². The van der Waals surface area contributed by atoms with Gasteiger partial charge in [0.2, 0.25) is 5.91 Å². The monoisotopic (exact) mass is 262 g/mol. The van der Waals surface area contributed by atoms with Gasteiger partial charge in [0.15, 0.2) is 11.6 Å². The summed E-state index contributed by atoms with van der Waals surface area (Å²) in [6, 6.07) is 0.963. The van der Waals surface area contributed by atoms with Gasteiger partial charge in [0.25, 0.3) is 0 Å². The number of anilines is 1. The van der Waals surface area contributed by atoms with E-state index in [2.05, 4.69) is 0 Å². The van der Waals surface area contributed by atoms with E-state index in [9.17, 15) is 18.0 Å². The smallest absolute Gasteiger partial charge is 0.227 e. The maximum atomic E-state index is 13.2. The first-order valence-corrected chi connectivity index (χ1v) is 5.15. The van der Waals surface area contributed by atoms with Crippen molar-refractivity contribution in [3.63, 3.8) is 0 Å². The molecule has 0 aliphatic carbocycles. The van der Waals surface area contributed by atoms with Gasteiger partial charge >= 0.3 is 0 Å². The molecule has 0 radical (unpaired) electrons. The predicted molar refractivity (Wildman–Crippen MR) is 59.4 cm³/mol. The Morgan fingerprint density at radius 2 is 1.94 bits per heavy atom. The summed E-state index contributed by atoms with van der Waals surface area (Å²) < 4.78 is 43.9. The quantitative estimate of drug-likeness (QED) is 0.843.